The quantitative estimate of drug-likeness (QED) is 0.0953. The van der Waals surface area contributed by atoms with Crippen LogP contribution < -0.4 is 22.3 Å². The van der Waals surface area contributed by atoms with Gasteiger partial charge >= 0.3 is 0 Å². The topological polar surface area (TPSA) is 35.0 Å². The van der Waals surface area contributed by atoms with Gasteiger partial charge in [0.2, 0.25) is 0 Å². The van der Waals surface area contributed by atoms with E-state index in [1.807, 2.05) is 0 Å². The van der Waals surface area contributed by atoms with Gasteiger partial charge < -0.3 is 10.6 Å². The molecule has 0 spiro atoms. The molecular weight excluding hydrogens is 523 g/mol. The molecule has 0 saturated heterocycles. The first kappa shape index (κ1) is 37.9. The molecule has 3 N–H and O–H groups in total. The Morgan fingerprint density at radius 1 is 0.500 bits per heavy atom. The van der Waals surface area contributed by atoms with E-state index in [9.17, 15) is 0 Å². The van der Waals surface area contributed by atoms with Crippen LogP contribution in [0.15, 0.2) is 91.0 Å². The van der Waals surface area contributed by atoms with Crippen molar-refractivity contribution in [1.82, 2.24) is 6.15 Å². The van der Waals surface area contributed by atoms with Crippen molar-refractivity contribution in [2.45, 2.75) is 103 Å². The molecule has 0 radical (unpaired) electrons. The molecule has 0 aliphatic heterocycles. The van der Waals surface area contributed by atoms with E-state index in [4.69, 9.17) is 0 Å². The van der Waals surface area contributed by atoms with Crippen molar-refractivity contribution >= 4 is 29.8 Å². The van der Waals surface area contributed by atoms with Gasteiger partial charge in [0, 0.05) is 0 Å². The second kappa shape index (κ2) is 19.9. The van der Waals surface area contributed by atoms with Crippen molar-refractivity contribution in [3.63, 3.8) is 0 Å². The first-order chi connectivity index (χ1) is 19.7. The van der Waals surface area contributed by atoms with Crippen molar-refractivity contribution < 1.29 is 4.48 Å². The number of quaternary nitrogens is 1. The maximum atomic E-state index is 2.52. The van der Waals surface area contributed by atoms with Crippen molar-refractivity contribution in [1.29, 1.82) is 0 Å². The van der Waals surface area contributed by atoms with Crippen LogP contribution in [0.25, 0.3) is 0 Å². The number of nitrogens with zero attached hydrogens (tertiary/aromatic N) is 1. The lowest BCUT2D eigenvalue weighted by Crippen LogP contribution is -2.80. The molecule has 0 fully saturated rings. The number of rotatable bonds is 17. The molecule has 234 valence electrons. The Morgan fingerprint density at radius 2 is 0.857 bits per heavy atom. The normalized spacial score (nSPS) is 11.8. The molecule has 3 rings (SSSR count). The second-order valence-corrected chi connectivity index (χ2v) is 18.7. The third kappa shape index (κ3) is 11.2. The van der Waals surface area contributed by atoms with Crippen LogP contribution in [0, 0.1) is 0 Å². The van der Waals surface area contributed by atoms with Gasteiger partial charge in [0.25, 0.3) is 0 Å². The van der Waals surface area contributed by atoms with Crippen molar-refractivity contribution in [2.24, 2.45) is 0 Å². The molecule has 0 aromatic heterocycles. The maximum absolute atomic E-state index is 2.52. The van der Waals surface area contributed by atoms with Crippen molar-refractivity contribution in [3.05, 3.63) is 91.0 Å². The summed E-state index contributed by atoms with van der Waals surface area (Å²) in [5.74, 6) is 0. The monoisotopic (exact) mass is 589 g/mol. The standard InChI is InChI=1S/C34H50BSi.C4H12N.H3N/c1-4-7-10-11-12-22-29-35(32-23-16-13-17-24-32,33-25-18-14-19-26-33)36(30-8-5-2,31-9-6-3)34-27-20-15-21-28-34;1-5(2,3)4;/h13-21,23-28H,4-12,22,29-31H2,1-3H3;1-4H3;1H3/q-1;+1;. The minimum absolute atomic E-state index is 0. The van der Waals surface area contributed by atoms with Gasteiger partial charge in [0.05, 0.1) is 33.9 Å². The number of unbranched alkanes of at least 4 members (excludes halogenated alkanes) is 7. The van der Waals surface area contributed by atoms with Gasteiger partial charge in [-0.1, -0.05) is 193 Å². The van der Waals surface area contributed by atoms with Crippen molar-refractivity contribution in [3.8, 4) is 0 Å². The number of hydrogen-bond donors (Lipinski definition) is 1. The van der Waals surface area contributed by atoms with E-state index >= 15 is 0 Å². The highest BCUT2D eigenvalue weighted by molar-refractivity contribution is 7.55. The first-order valence-electron chi connectivity index (χ1n) is 16.9. The summed E-state index contributed by atoms with van der Waals surface area (Å²) in [6, 6.07) is 38.3. The van der Waals surface area contributed by atoms with E-state index in [2.05, 4.69) is 140 Å². The molecule has 3 aromatic rings. The molecule has 0 saturated carbocycles. The Hall–Kier alpha value is -2.14. The smallest absolute Gasteiger partial charge is 0.0675 e. The maximum Gasteiger partial charge on any atom is 0.0675 e. The number of hydrogen-bond acceptors (Lipinski definition) is 1. The predicted octanol–water partition coefficient (Wildman–Crippen LogP) is 9.13. The summed E-state index contributed by atoms with van der Waals surface area (Å²) < 4.78 is 1.00. The van der Waals surface area contributed by atoms with Crippen LogP contribution in [-0.2, 0) is 0 Å². The van der Waals surface area contributed by atoms with E-state index in [1.54, 1.807) is 16.1 Å². The highest BCUT2D eigenvalue weighted by Gasteiger charge is 2.48. The van der Waals surface area contributed by atoms with Gasteiger partial charge in [-0.2, -0.15) is 6.32 Å². The Bertz CT molecular complexity index is 997. The van der Waals surface area contributed by atoms with Gasteiger partial charge in [-0.3, -0.25) is 0 Å². The summed E-state index contributed by atoms with van der Waals surface area (Å²) in [4.78, 5) is 0. The molecule has 0 aliphatic rings. The summed E-state index contributed by atoms with van der Waals surface area (Å²) in [5.41, 5.74) is 2.37. The molecule has 0 unspecified atom stereocenters. The molecule has 3 aromatic carbocycles. The summed E-state index contributed by atoms with van der Waals surface area (Å²) >= 11 is 0. The lowest BCUT2D eigenvalue weighted by molar-refractivity contribution is -0.849. The fourth-order valence-electron chi connectivity index (χ4n) is 7.18. The predicted molar refractivity (Wildman–Crippen MR) is 196 cm³/mol. The summed E-state index contributed by atoms with van der Waals surface area (Å²) in [6.07, 6.45) is 14.7. The fourth-order valence-corrected chi connectivity index (χ4v) is 14.8. The summed E-state index contributed by atoms with van der Waals surface area (Å²) in [6.45, 7) is 7.09. The van der Waals surface area contributed by atoms with Gasteiger partial charge in [0.1, 0.15) is 0 Å². The van der Waals surface area contributed by atoms with Gasteiger partial charge in [0.15, 0.2) is 0 Å². The zero-order valence-electron chi connectivity index (χ0n) is 28.6. The highest BCUT2D eigenvalue weighted by Crippen LogP contribution is 2.35. The summed E-state index contributed by atoms with van der Waals surface area (Å²) in [5, 5.41) is 1.70. The van der Waals surface area contributed by atoms with E-state index in [1.165, 1.54) is 82.6 Å². The largest absolute Gasteiger partial charge is 0.344 e. The van der Waals surface area contributed by atoms with Gasteiger partial charge in [-0.25, -0.2) is 10.9 Å². The van der Waals surface area contributed by atoms with Gasteiger partial charge in [-0.15, -0.1) is 0 Å². The summed E-state index contributed by atoms with van der Waals surface area (Å²) in [7, 11) is 6.51. The Balaban J connectivity index is 0.00000135. The molecule has 0 amide bonds. The third-order valence-electron chi connectivity index (χ3n) is 8.97. The van der Waals surface area contributed by atoms with E-state index in [-0.39, 0.29) is 6.15 Å². The molecule has 0 atom stereocenters. The SMILES string of the molecule is CCCCCCCC[B-](c1ccccc1)(c1ccccc1)[Si](CCCC)(CCCC)c1ccccc1.C[N+](C)(C)C.N. The van der Waals surface area contributed by atoms with Crippen LogP contribution in [-0.4, -0.2) is 46.4 Å². The molecule has 4 heteroatoms. The Morgan fingerprint density at radius 3 is 1.26 bits per heavy atom. The lowest BCUT2D eigenvalue weighted by Gasteiger charge is -2.58. The van der Waals surface area contributed by atoms with Crippen LogP contribution in [0.2, 0.25) is 18.4 Å². The van der Waals surface area contributed by atoms with E-state index in [0.29, 0.717) is 0 Å². The zero-order chi connectivity index (χ0) is 30.0. The van der Waals surface area contributed by atoms with Crippen LogP contribution >= 0.6 is 0 Å². The molecule has 0 heterocycles. The lowest BCUT2D eigenvalue weighted by atomic mass is 9.35. The third-order valence-corrected chi connectivity index (χ3v) is 15.8. The Labute approximate surface area is 262 Å². The van der Waals surface area contributed by atoms with E-state index in [0.717, 1.165) is 4.48 Å². The minimum Gasteiger partial charge on any atom is -0.344 e. The van der Waals surface area contributed by atoms with Gasteiger partial charge in [-0.05, 0) is 7.94 Å². The second-order valence-electron chi connectivity index (χ2n) is 13.8. The molecule has 0 aliphatic carbocycles. The average molecular weight is 589 g/mol. The molecule has 42 heavy (non-hydrogen) atoms. The van der Waals surface area contributed by atoms with Crippen LogP contribution in [0.3, 0.4) is 0 Å². The minimum atomic E-state index is -1.99. The fraction of sp³-hybridized carbons (Fsp3) is 0.526. The van der Waals surface area contributed by atoms with Crippen LogP contribution in [0.1, 0.15) is 85.0 Å². The average Bonchev–Trinajstić information content (AvgIpc) is 2.98. The van der Waals surface area contributed by atoms with Crippen LogP contribution in [0.5, 0.6) is 0 Å². The van der Waals surface area contributed by atoms with E-state index < -0.39 is 13.7 Å². The number of benzene rings is 3. The molecule has 2 nitrogen and oxygen atoms in total. The molecular formula is C38H65BN2Si. The first-order valence-corrected chi connectivity index (χ1v) is 19.4. The van der Waals surface area contributed by atoms with Crippen molar-refractivity contribution in [2.75, 3.05) is 28.2 Å². The Kier molecular flexibility index (Phi) is 18.0. The van der Waals surface area contributed by atoms with Crippen LogP contribution in [0.4, 0.5) is 0 Å². The molecule has 0 bridgehead atoms. The zero-order valence-corrected chi connectivity index (χ0v) is 29.6. The highest BCUT2D eigenvalue weighted by atomic mass is 28.3.